The van der Waals surface area contributed by atoms with E-state index in [1.54, 1.807) is 58.2 Å². The van der Waals surface area contributed by atoms with Crippen LogP contribution in [0.25, 0.3) is 55.0 Å². The highest BCUT2D eigenvalue weighted by Crippen LogP contribution is 2.34. The van der Waals surface area contributed by atoms with Crippen molar-refractivity contribution in [2.45, 2.75) is 68.2 Å². The van der Waals surface area contributed by atoms with E-state index >= 15 is 0 Å². The van der Waals surface area contributed by atoms with Crippen molar-refractivity contribution in [2.24, 2.45) is 0 Å². The topological polar surface area (TPSA) is 183 Å². The Morgan fingerprint density at radius 1 is 0.606 bits per heavy atom. The van der Waals surface area contributed by atoms with Gasteiger partial charge >= 0.3 is 23.3 Å². The van der Waals surface area contributed by atoms with Gasteiger partial charge in [0, 0.05) is 45.4 Å². The molecule has 0 bridgehead atoms. The normalized spacial score (nSPS) is 11.4. The summed E-state index contributed by atoms with van der Waals surface area (Å²) in [6.07, 6.45) is 0. The van der Waals surface area contributed by atoms with Crippen molar-refractivity contribution in [1.29, 1.82) is 0 Å². The van der Waals surface area contributed by atoms with Crippen LogP contribution in [0.15, 0.2) is 111 Å². The van der Waals surface area contributed by atoms with E-state index < -0.39 is 40.0 Å². The number of esters is 1. The Bertz CT molecular complexity index is 3700. The van der Waals surface area contributed by atoms with Crippen molar-refractivity contribution in [3.8, 4) is 11.4 Å². The van der Waals surface area contributed by atoms with Crippen molar-refractivity contribution in [3.05, 3.63) is 167 Å². The number of thiophene rings is 4. The number of hydrogen-bond acceptors (Lipinski definition) is 11. The highest BCUT2D eigenvalue weighted by Gasteiger charge is 2.31. The van der Waals surface area contributed by atoms with Gasteiger partial charge < -0.3 is 28.9 Å². The second-order valence-corrected chi connectivity index (χ2v) is 19.3. The molecule has 0 amide bonds. The molecule has 14 nitrogen and oxygen atoms in total. The third-order valence-corrected chi connectivity index (χ3v) is 13.5. The van der Waals surface area contributed by atoms with E-state index in [0.717, 1.165) is 36.9 Å². The summed E-state index contributed by atoms with van der Waals surface area (Å²) in [5.74, 6) is -1.80. The number of ether oxygens (including phenoxy) is 1. The summed E-state index contributed by atoms with van der Waals surface area (Å²) in [6, 6.07) is 15.2. The minimum atomic E-state index is -1.20. The summed E-state index contributed by atoms with van der Waals surface area (Å²) in [7, 11) is 0. The van der Waals surface area contributed by atoms with Crippen LogP contribution in [0.4, 0.5) is 0 Å². The fourth-order valence-electron chi connectivity index (χ4n) is 7.86. The summed E-state index contributed by atoms with van der Waals surface area (Å²) in [6.45, 7) is 9.89. The second kappa shape index (κ2) is 18.2. The third kappa shape index (κ3) is 8.43. The van der Waals surface area contributed by atoms with Crippen molar-refractivity contribution in [2.75, 3.05) is 0 Å². The van der Waals surface area contributed by atoms with Gasteiger partial charge in [-0.25, -0.2) is 28.3 Å². The van der Waals surface area contributed by atoms with Gasteiger partial charge in [0.25, 0.3) is 11.1 Å². The van der Waals surface area contributed by atoms with Gasteiger partial charge in [0.2, 0.25) is 0 Å². The predicted molar refractivity (Wildman–Crippen MR) is 269 cm³/mol. The molecule has 0 saturated carbocycles. The molecular weight excluding hydrogens is 917 g/mol. The average Bonchev–Trinajstić information content (AvgIpc) is 4.09. The molecule has 18 heteroatoms. The fourth-order valence-corrected chi connectivity index (χ4v) is 10.7. The Kier molecular flexibility index (Phi) is 13.0. The number of rotatable bonds is 8. The van der Waals surface area contributed by atoms with Crippen molar-refractivity contribution in [3.63, 3.8) is 0 Å². The van der Waals surface area contributed by atoms with Crippen LogP contribution in [-0.2, 0) is 17.8 Å². The summed E-state index contributed by atoms with van der Waals surface area (Å²) in [4.78, 5) is 84.3. The second-order valence-electron chi connectivity index (χ2n) is 16.2. The first-order valence-electron chi connectivity index (χ1n) is 19.8. The molecule has 0 fully saturated rings. The van der Waals surface area contributed by atoms with E-state index in [9.17, 15) is 33.9 Å². The zero-order valence-corrected chi connectivity index (χ0v) is 38.1. The predicted octanol–water partition coefficient (Wildman–Crippen LogP) is 10.2. The number of aromatic carboxylic acids is 1. The van der Waals surface area contributed by atoms with E-state index in [-0.39, 0.29) is 37.6 Å². The van der Waals surface area contributed by atoms with Crippen molar-refractivity contribution < 1.29 is 19.4 Å². The lowest BCUT2D eigenvalue weighted by Crippen LogP contribution is -2.35. The van der Waals surface area contributed by atoms with Gasteiger partial charge in [-0.1, -0.05) is 38.1 Å². The summed E-state index contributed by atoms with van der Waals surface area (Å²) >= 11 is 5.72. The first kappa shape index (κ1) is 47.1. The molecule has 0 radical (unpaired) electrons. The van der Waals surface area contributed by atoms with Crippen LogP contribution >= 0.6 is 45.3 Å². The van der Waals surface area contributed by atoms with E-state index in [2.05, 4.69) is 9.97 Å². The molecule has 0 unspecified atom stereocenters. The van der Waals surface area contributed by atoms with E-state index in [4.69, 9.17) is 4.74 Å². The molecule has 8 heterocycles. The van der Waals surface area contributed by atoms with E-state index in [1.807, 2.05) is 88.5 Å². The molecular formula is C48H46N6O8S4. The van der Waals surface area contributed by atoms with Gasteiger partial charge in [0.1, 0.15) is 5.60 Å². The van der Waals surface area contributed by atoms with Gasteiger partial charge in [0.05, 0.1) is 44.2 Å². The van der Waals surface area contributed by atoms with Crippen LogP contribution in [-0.4, -0.2) is 50.9 Å². The smallest absolute Gasteiger partial charge is 0.357 e. The Morgan fingerprint density at radius 2 is 1.05 bits per heavy atom. The minimum absolute atomic E-state index is 0. The molecule has 0 aliphatic heterocycles. The lowest BCUT2D eigenvalue weighted by Gasteiger charge is -2.21. The number of aryl methyl sites for hydroxylation is 2. The number of hydrogen-bond donors (Lipinski definition) is 3. The Labute approximate surface area is 392 Å². The van der Waals surface area contributed by atoms with Crippen LogP contribution in [0.1, 0.15) is 78.9 Å². The van der Waals surface area contributed by atoms with Crippen molar-refractivity contribution >= 4 is 101 Å². The zero-order chi connectivity index (χ0) is 45.2. The number of carboxylic acids is 1. The van der Waals surface area contributed by atoms with Crippen molar-refractivity contribution in [1.82, 2.24) is 28.2 Å². The quantitative estimate of drug-likeness (QED) is 0.126. The molecule has 0 aliphatic carbocycles. The fraction of sp³-hybridized carbons (Fsp3) is 0.208. The lowest BCUT2D eigenvalue weighted by atomic mass is 10.1. The summed E-state index contributed by atoms with van der Waals surface area (Å²) < 4.78 is 11.3. The molecule has 340 valence electrons. The minimum Gasteiger partial charge on any atom is -0.477 e. The maximum atomic E-state index is 13.6. The maximum absolute atomic E-state index is 13.6. The number of H-pyrrole nitrogens is 2. The SMILES string of the molecule is C.C.Cc1ccc2c(c1)c(-n1c(=O)[nH]c3cscc3c1=O)c(C(=O)O)n2Cc1ccsc1.Cc1ccc2c(c1)c(-n1c(=O)[nH]c3cscc3c1=O)c(C(=O)OC(C)(C)C)n2Cc1ccsc1. The number of nitrogens with zero attached hydrogens (tertiary/aromatic N) is 4. The van der Waals surface area contributed by atoms with Gasteiger partial charge in [-0.3, -0.25) is 9.59 Å². The van der Waals surface area contributed by atoms with Gasteiger partial charge in [0.15, 0.2) is 11.4 Å². The lowest BCUT2D eigenvalue weighted by molar-refractivity contribution is 0.00585. The van der Waals surface area contributed by atoms with Gasteiger partial charge in [-0.15, -0.1) is 22.7 Å². The molecule has 3 N–H and O–H groups in total. The van der Waals surface area contributed by atoms with Crippen LogP contribution in [0.5, 0.6) is 0 Å². The molecule has 0 spiro atoms. The molecule has 10 rings (SSSR count). The number of carbonyl (C=O) groups excluding carboxylic acids is 1. The number of fused-ring (bicyclic) bond motifs is 4. The number of benzene rings is 2. The number of aromatic amines is 2. The number of aromatic nitrogens is 6. The molecule has 0 aliphatic rings. The van der Waals surface area contributed by atoms with E-state index in [0.29, 0.717) is 51.2 Å². The summed E-state index contributed by atoms with van der Waals surface area (Å²) in [5.41, 5.74) is 3.49. The van der Waals surface area contributed by atoms with E-state index in [1.165, 1.54) is 34.0 Å². The highest BCUT2D eigenvalue weighted by atomic mass is 32.1. The molecule has 66 heavy (non-hydrogen) atoms. The standard InChI is InChI=1S/C25H23N3O4S2.C21H15N3O4S2.2CH4/c1-14-5-6-19-16(9-14)20(28-22(29)17-12-34-13-18(17)26-24(28)31)21(23(30)32-25(2,3)4)27(19)10-15-7-8-33-11-15;1-11-2-3-16-13(6-11)17(18(20(26)27)23(16)7-12-4-5-29-8-12)24-19(25)14-9-30-10-15(14)22-21(24)28;;/h5-9,11-13H,10H2,1-4H3,(H,26,31);2-6,8-10H,7H2,1H3,(H,22,28)(H,26,27);2*1H4. The Hall–Kier alpha value is -6.86. The van der Waals surface area contributed by atoms with Gasteiger partial charge in [-0.05, 0) is 104 Å². The molecule has 10 aromatic rings. The first-order valence-corrected chi connectivity index (χ1v) is 23.5. The monoisotopic (exact) mass is 962 g/mol. The maximum Gasteiger partial charge on any atom is 0.357 e. The molecule has 2 aromatic carbocycles. The Balaban J connectivity index is 0.000000192. The Morgan fingerprint density at radius 3 is 1.45 bits per heavy atom. The van der Waals surface area contributed by atoms with Crippen LogP contribution in [0, 0.1) is 13.8 Å². The number of nitrogens with one attached hydrogen (secondary N) is 2. The van der Waals surface area contributed by atoms with Crippen LogP contribution in [0.2, 0.25) is 0 Å². The van der Waals surface area contributed by atoms with Gasteiger partial charge in [-0.2, -0.15) is 22.7 Å². The first-order chi connectivity index (χ1) is 30.6. The number of carbonyl (C=O) groups is 2. The largest absolute Gasteiger partial charge is 0.477 e. The highest BCUT2D eigenvalue weighted by molar-refractivity contribution is 7.09. The molecule has 0 atom stereocenters. The summed E-state index contributed by atoms with van der Waals surface area (Å²) in [5, 5.41) is 26.7. The third-order valence-electron chi connectivity index (χ3n) is 10.5. The zero-order valence-electron chi connectivity index (χ0n) is 34.9. The van der Waals surface area contributed by atoms with Crippen LogP contribution < -0.4 is 22.5 Å². The molecule has 8 aromatic heterocycles. The number of carboxylic acid groups (broad SMARTS) is 1. The average molecular weight is 963 g/mol. The molecule has 0 saturated heterocycles. The van der Waals surface area contributed by atoms with Crippen LogP contribution in [0.3, 0.4) is 0 Å².